The zero-order valence-electron chi connectivity index (χ0n) is 23.2. The van der Waals surface area contributed by atoms with E-state index in [1.165, 1.54) is 31.2 Å². The number of carboxylic acids is 1. The number of aromatic hydroxyl groups is 1. The van der Waals surface area contributed by atoms with E-state index in [0.29, 0.717) is 5.56 Å². The van der Waals surface area contributed by atoms with Crippen LogP contribution in [0.1, 0.15) is 32.8 Å². The summed E-state index contributed by atoms with van der Waals surface area (Å²) in [6, 6.07) is -2.72. The van der Waals surface area contributed by atoms with E-state index in [4.69, 9.17) is 11.5 Å². The Bertz CT molecular complexity index is 1130. The summed E-state index contributed by atoms with van der Waals surface area (Å²) >= 11 is 0. The standard InChI is InChI=1S/C25H38N6O11/c1-10(32)18(27)23(39)30-19(11(2)33)24(40)29-16(9-17(26)36)21(37)28-15(8-13-4-6-14(35)7-5-13)22(38)31-20(12(3)34)25(41)42/h4-7,10-12,15-16,18-20,32-35H,8-9,27H2,1-3H3,(H2,26,36)(H,28,37)(H,29,40)(H,30,39)(H,31,38)(H,41,42)/t10-,11-,12+,15+,16+,18+,19+,20-/m1/s1. The van der Waals surface area contributed by atoms with Crippen molar-refractivity contribution in [3.05, 3.63) is 29.8 Å². The smallest absolute Gasteiger partial charge is 0.328 e. The van der Waals surface area contributed by atoms with Crippen LogP contribution in [-0.4, -0.2) is 110 Å². The van der Waals surface area contributed by atoms with Crippen LogP contribution in [0.3, 0.4) is 0 Å². The van der Waals surface area contributed by atoms with Gasteiger partial charge < -0.3 is 58.3 Å². The first-order valence-electron chi connectivity index (χ1n) is 12.7. The van der Waals surface area contributed by atoms with Crippen LogP contribution >= 0.6 is 0 Å². The fraction of sp³-hybridized carbons (Fsp3) is 0.520. The van der Waals surface area contributed by atoms with Gasteiger partial charge in [-0.3, -0.25) is 24.0 Å². The highest BCUT2D eigenvalue weighted by molar-refractivity contribution is 5.97. The third-order valence-electron chi connectivity index (χ3n) is 5.98. The lowest BCUT2D eigenvalue weighted by Gasteiger charge is -2.27. The van der Waals surface area contributed by atoms with Crippen LogP contribution in [0, 0.1) is 0 Å². The number of carbonyl (C=O) groups is 6. The number of aliphatic hydroxyl groups is 3. The van der Waals surface area contributed by atoms with Crippen LogP contribution in [0.15, 0.2) is 24.3 Å². The summed E-state index contributed by atoms with van der Waals surface area (Å²) < 4.78 is 0. The van der Waals surface area contributed by atoms with Crippen LogP contribution in [0.2, 0.25) is 0 Å². The van der Waals surface area contributed by atoms with Crippen molar-refractivity contribution in [1.82, 2.24) is 21.3 Å². The maximum absolute atomic E-state index is 13.2. The Morgan fingerprint density at radius 3 is 1.64 bits per heavy atom. The Balaban J connectivity index is 3.26. The molecule has 1 aromatic rings. The molecular weight excluding hydrogens is 560 g/mol. The largest absolute Gasteiger partial charge is 0.508 e. The average molecular weight is 599 g/mol. The van der Waals surface area contributed by atoms with Crippen molar-refractivity contribution < 1.29 is 54.3 Å². The predicted octanol–water partition coefficient (Wildman–Crippen LogP) is -4.70. The van der Waals surface area contributed by atoms with Crippen molar-refractivity contribution in [3.8, 4) is 5.75 Å². The number of hydrogen-bond acceptors (Lipinski definition) is 11. The number of aliphatic carboxylic acids is 1. The minimum absolute atomic E-state index is 0.0952. The quantitative estimate of drug-likeness (QED) is 0.0855. The average Bonchev–Trinajstić information content (AvgIpc) is 2.88. The normalized spacial score (nSPS) is 16.7. The third-order valence-corrected chi connectivity index (χ3v) is 5.98. The summed E-state index contributed by atoms with van der Waals surface area (Å²) in [5, 5.41) is 56.9. The van der Waals surface area contributed by atoms with Gasteiger partial charge in [-0.1, -0.05) is 12.1 Å². The third kappa shape index (κ3) is 11.3. The summed E-state index contributed by atoms with van der Waals surface area (Å²) in [6.07, 6.45) is -5.40. The number of phenols is 1. The molecule has 0 aromatic heterocycles. The number of phenolic OH excluding ortho intramolecular Hbond substituents is 1. The van der Waals surface area contributed by atoms with E-state index < -0.39 is 90.4 Å². The van der Waals surface area contributed by atoms with Gasteiger partial charge in [0.1, 0.15) is 29.9 Å². The van der Waals surface area contributed by atoms with Gasteiger partial charge in [-0.05, 0) is 38.5 Å². The Morgan fingerprint density at radius 2 is 1.19 bits per heavy atom. The number of nitrogens with one attached hydrogen (secondary N) is 4. The Kier molecular flexibility index (Phi) is 13.8. The van der Waals surface area contributed by atoms with E-state index in [1.807, 2.05) is 0 Å². The summed E-state index contributed by atoms with van der Waals surface area (Å²) in [6.45, 7) is 3.48. The molecule has 234 valence electrons. The number of hydrogen-bond donors (Lipinski definition) is 11. The number of carboxylic acid groups (broad SMARTS) is 1. The molecule has 17 heteroatoms. The first kappa shape index (κ1) is 35.7. The summed E-state index contributed by atoms with van der Waals surface area (Å²) in [5.74, 6) is -7.02. The van der Waals surface area contributed by atoms with Gasteiger partial charge in [-0.25, -0.2) is 4.79 Å². The molecule has 0 heterocycles. The molecule has 1 rings (SSSR count). The van der Waals surface area contributed by atoms with Gasteiger partial charge in [-0.15, -0.1) is 0 Å². The number of primary amides is 1. The van der Waals surface area contributed by atoms with Crippen molar-refractivity contribution in [2.24, 2.45) is 11.5 Å². The number of amides is 5. The zero-order chi connectivity index (χ0) is 32.3. The molecule has 0 unspecified atom stereocenters. The topological polar surface area (TPSA) is 304 Å². The van der Waals surface area contributed by atoms with Gasteiger partial charge in [-0.2, -0.15) is 0 Å². The van der Waals surface area contributed by atoms with E-state index in [0.717, 1.165) is 13.8 Å². The fourth-order valence-electron chi connectivity index (χ4n) is 3.54. The first-order valence-corrected chi connectivity index (χ1v) is 12.7. The number of aliphatic hydroxyl groups excluding tert-OH is 3. The highest BCUT2D eigenvalue weighted by atomic mass is 16.4. The minimum atomic E-state index is -1.75. The van der Waals surface area contributed by atoms with Crippen molar-refractivity contribution in [1.29, 1.82) is 0 Å². The molecule has 1 aromatic carbocycles. The number of rotatable bonds is 16. The van der Waals surface area contributed by atoms with Crippen LogP contribution in [-0.2, 0) is 35.2 Å². The van der Waals surface area contributed by atoms with Gasteiger partial charge in [0.2, 0.25) is 29.5 Å². The van der Waals surface area contributed by atoms with E-state index in [1.54, 1.807) is 0 Å². The lowest BCUT2D eigenvalue weighted by molar-refractivity contribution is -0.145. The SMILES string of the molecule is C[C@H](O)[C@@H](NC(=O)[C@H](Cc1ccc(O)cc1)NC(=O)[C@H](CC(N)=O)NC(=O)[C@@H](NC(=O)[C@@H](N)[C@@H](C)O)[C@@H](C)O)C(=O)O. The molecule has 0 aliphatic rings. The maximum Gasteiger partial charge on any atom is 0.328 e. The second kappa shape index (κ2) is 16.2. The van der Waals surface area contributed by atoms with Crippen LogP contribution < -0.4 is 32.7 Å². The van der Waals surface area contributed by atoms with Gasteiger partial charge in [0.05, 0.1) is 24.7 Å². The van der Waals surface area contributed by atoms with Crippen molar-refractivity contribution >= 4 is 35.5 Å². The molecule has 0 saturated carbocycles. The second-order valence-electron chi connectivity index (χ2n) is 9.72. The molecule has 0 bridgehead atoms. The van der Waals surface area contributed by atoms with Crippen LogP contribution in [0.5, 0.6) is 5.75 Å². The molecule has 0 radical (unpaired) electrons. The lowest BCUT2D eigenvalue weighted by atomic mass is 10.0. The summed E-state index contributed by atoms with van der Waals surface area (Å²) in [4.78, 5) is 74.6. The fourth-order valence-corrected chi connectivity index (χ4v) is 3.54. The van der Waals surface area contributed by atoms with Gasteiger partial charge in [0.15, 0.2) is 6.04 Å². The van der Waals surface area contributed by atoms with E-state index >= 15 is 0 Å². The van der Waals surface area contributed by atoms with Crippen LogP contribution in [0.25, 0.3) is 0 Å². The number of nitrogens with two attached hydrogens (primary N) is 2. The Hall–Kier alpha value is -4.32. The molecule has 8 atom stereocenters. The zero-order valence-corrected chi connectivity index (χ0v) is 23.2. The maximum atomic E-state index is 13.2. The lowest BCUT2D eigenvalue weighted by Crippen LogP contribution is -2.62. The molecule has 0 fully saturated rings. The van der Waals surface area contributed by atoms with E-state index in [9.17, 15) is 54.3 Å². The highest BCUT2D eigenvalue weighted by Gasteiger charge is 2.35. The molecular formula is C25H38N6O11. The molecule has 0 aliphatic heterocycles. The Labute approximate surface area is 240 Å². The molecule has 0 spiro atoms. The second-order valence-corrected chi connectivity index (χ2v) is 9.72. The molecule has 17 nitrogen and oxygen atoms in total. The molecule has 0 saturated heterocycles. The van der Waals surface area contributed by atoms with Crippen molar-refractivity contribution in [3.63, 3.8) is 0 Å². The van der Waals surface area contributed by atoms with Gasteiger partial charge >= 0.3 is 5.97 Å². The summed E-state index contributed by atoms with van der Waals surface area (Å²) in [7, 11) is 0. The minimum Gasteiger partial charge on any atom is -0.508 e. The Morgan fingerprint density at radius 1 is 0.714 bits per heavy atom. The van der Waals surface area contributed by atoms with E-state index in [-0.39, 0.29) is 12.2 Å². The van der Waals surface area contributed by atoms with Crippen molar-refractivity contribution in [2.75, 3.05) is 0 Å². The van der Waals surface area contributed by atoms with Gasteiger partial charge in [0.25, 0.3) is 0 Å². The molecule has 5 amide bonds. The van der Waals surface area contributed by atoms with Gasteiger partial charge in [0, 0.05) is 6.42 Å². The molecule has 0 aliphatic carbocycles. The summed E-state index contributed by atoms with van der Waals surface area (Å²) in [5.41, 5.74) is 11.2. The molecule has 42 heavy (non-hydrogen) atoms. The van der Waals surface area contributed by atoms with Crippen LogP contribution in [0.4, 0.5) is 0 Å². The monoisotopic (exact) mass is 598 g/mol. The first-order chi connectivity index (χ1) is 19.4. The predicted molar refractivity (Wildman–Crippen MR) is 144 cm³/mol. The van der Waals surface area contributed by atoms with E-state index in [2.05, 4.69) is 21.3 Å². The highest BCUT2D eigenvalue weighted by Crippen LogP contribution is 2.12. The number of benzene rings is 1. The van der Waals surface area contributed by atoms with Crippen molar-refractivity contribution in [2.45, 2.75) is 82.1 Å². The molecule has 13 N–H and O–H groups in total. The number of carbonyl (C=O) groups excluding carboxylic acids is 5.